The summed E-state index contributed by atoms with van der Waals surface area (Å²) in [7, 11) is 0. The smallest absolute Gasteiger partial charge is 0.197 e. The molecule has 164 valence electrons. The molecule has 2 unspecified atom stereocenters. The van der Waals surface area contributed by atoms with Gasteiger partial charge in [0, 0.05) is 24.1 Å². The summed E-state index contributed by atoms with van der Waals surface area (Å²) in [5.41, 5.74) is -0.847. The zero-order chi connectivity index (χ0) is 22.4. The van der Waals surface area contributed by atoms with Crippen LogP contribution in [-0.4, -0.2) is 60.7 Å². The molecule has 3 aromatic rings. The molecular formula is C21H20O10. The number of aliphatic hydroxyl groups is 3. The van der Waals surface area contributed by atoms with E-state index in [0.29, 0.717) is 0 Å². The Hall–Kier alpha value is -3.31. The molecule has 1 saturated heterocycles. The minimum atomic E-state index is -1.32. The van der Waals surface area contributed by atoms with Crippen LogP contribution in [0.4, 0.5) is 0 Å². The van der Waals surface area contributed by atoms with Gasteiger partial charge < -0.3 is 44.9 Å². The summed E-state index contributed by atoms with van der Waals surface area (Å²) in [6.07, 6.45) is -5.00. The molecule has 31 heavy (non-hydrogen) atoms. The first-order chi connectivity index (χ1) is 14.7. The number of ether oxygens (including phenoxy) is 1. The van der Waals surface area contributed by atoms with Gasteiger partial charge in [-0.25, -0.2) is 0 Å². The number of aliphatic hydroxyl groups excluding tert-OH is 3. The van der Waals surface area contributed by atoms with Crippen molar-refractivity contribution in [2.24, 2.45) is 0 Å². The van der Waals surface area contributed by atoms with E-state index in [1.54, 1.807) is 0 Å². The Bertz CT molecular complexity index is 1200. The zero-order valence-electron chi connectivity index (χ0n) is 16.0. The summed E-state index contributed by atoms with van der Waals surface area (Å²) in [4.78, 5) is 12.7. The van der Waals surface area contributed by atoms with Gasteiger partial charge in [-0.2, -0.15) is 0 Å². The molecule has 2 aromatic carbocycles. The largest absolute Gasteiger partial charge is 0.507 e. The fraction of sp³-hybridized carbons (Fsp3) is 0.286. The average molecular weight is 432 g/mol. The highest BCUT2D eigenvalue weighted by Crippen LogP contribution is 2.44. The van der Waals surface area contributed by atoms with Gasteiger partial charge in [0.25, 0.3) is 0 Å². The van der Waals surface area contributed by atoms with Crippen LogP contribution in [0.15, 0.2) is 39.5 Å². The van der Waals surface area contributed by atoms with Crippen LogP contribution in [0.3, 0.4) is 0 Å². The van der Waals surface area contributed by atoms with Gasteiger partial charge in [0.2, 0.25) is 0 Å². The molecule has 10 nitrogen and oxygen atoms in total. The van der Waals surface area contributed by atoms with Gasteiger partial charge in [-0.05, 0) is 18.2 Å². The van der Waals surface area contributed by atoms with Crippen LogP contribution in [0.5, 0.6) is 23.0 Å². The third kappa shape index (κ3) is 3.55. The van der Waals surface area contributed by atoms with E-state index in [2.05, 4.69) is 0 Å². The van der Waals surface area contributed by atoms with Crippen molar-refractivity contribution >= 4 is 11.0 Å². The maximum absolute atomic E-state index is 12.7. The average Bonchev–Trinajstić information content (AvgIpc) is 2.70. The lowest BCUT2D eigenvalue weighted by atomic mass is 9.92. The molecule has 0 amide bonds. The second-order valence-electron chi connectivity index (χ2n) is 7.36. The van der Waals surface area contributed by atoms with Crippen molar-refractivity contribution < 1.29 is 44.9 Å². The van der Waals surface area contributed by atoms with E-state index in [0.717, 1.165) is 12.1 Å². The van der Waals surface area contributed by atoms with Gasteiger partial charge in [0.05, 0.1) is 24.4 Å². The molecule has 7 N–H and O–H groups in total. The number of aromatic hydroxyl groups is 4. The summed E-state index contributed by atoms with van der Waals surface area (Å²) in [5.74, 6) is -1.97. The molecule has 1 aromatic heterocycles. The molecule has 0 saturated carbocycles. The van der Waals surface area contributed by atoms with Crippen molar-refractivity contribution in [2.75, 3.05) is 6.61 Å². The van der Waals surface area contributed by atoms with Crippen LogP contribution in [0.25, 0.3) is 22.3 Å². The molecule has 4 rings (SSSR count). The van der Waals surface area contributed by atoms with Crippen LogP contribution in [0.2, 0.25) is 0 Å². The van der Waals surface area contributed by atoms with Crippen molar-refractivity contribution in [3.63, 3.8) is 0 Å². The second-order valence-corrected chi connectivity index (χ2v) is 7.36. The van der Waals surface area contributed by atoms with E-state index in [1.165, 1.54) is 18.2 Å². The summed E-state index contributed by atoms with van der Waals surface area (Å²) in [5, 5.41) is 69.6. The number of benzene rings is 2. The van der Waals surface area contributed by atoms with E-state index in [4.69, 9.17) is 9.15 Å². The third-order valence-electron chi connectivity index (χ3n) is 5.32. The maximum Gasteiger partial charge on any atom is 0.197 e. The molecule has 10 heteroatoms. The quantitative estimate of drug-likeness (QED) is 0.293. The fourth-order valence-electron chi connectivity index (χ4n) is 3.72. The maximum atomic E-state index is 12.7. The van der Waals surface area contributed by atoms with Crippen molar-refractivity contribution in [2.45, 2.75) is 30.8 Å². The Morgan fingerprint density at radius 1 is 0.935 bits per heavy atom. The van der Waals surface area contributed by atoms with Crippen LogP contribution >= 0.6 is 0 Å². The molecule has 0 radical (unpaired) electrons. The van der Waals surface area contributed by atoms with Crippen LogP contribution in [0.1, 0.15) is 18.1 Å². The van der Waals surface area contributed by atoms with E-state index in [-0.39, 0.29) is 40.0 Å². The summed E-state index contributed by atoms with van der Waals surface area (Å²) >= 11 is 0. The number of fused-ring (bicyclic) bond motifs is 1. The first kappa shape index (κ1) is 20.9. The molecule has 4 atom stereocenters. The summed E-state index contributed by atoms with van der Waals surface area (Å²) in [6, 6.07) is 5.93. The van der Waals surface area contributed by atoms with E-state index in [1.807, 2.05) is 0 Å². The fourth-order valence-corrected chi connectivity index (χ4v) is 3.72. The Morgan fingerprint density at radius 3 is 2.35 bits per heavy atom. The van der Waals surface area contributed by atoms with Gasteiger partial charge in [0.1, 0.15) is 40.4 Å². The summed E-state index contributed by atoms with van der Waals surface area (Å²) in [6.45, 7) is -0.551. The Balaban J connectivity index is 1.85. The summed E-state index contributed by atoms with van der Waals surface area (Å²) < 4.78 is 11.1. The number of phenols is 4. The molecule has 1 aliphatic heterocycles. The van der Waals surface area contributed by atoms with Crippen LogP contribution in [0, 0.1) is 0 Å². The van der Waals surface area contributed by atoms with Gasteiger partial charge in [-0.1, -0.05) is 0 Å². The van der Waals surface area contributed by atoms with Crippen molar-refractivity contribution in [3.8, 4) is 34.3 Å². The van der Waals surface area contributed by atoms with Crippen molar-refractivity contribution in [1.29, 1.82) is 0 Å². The van der Waals surface area contributed by atoms with Crippen molar-refractivity contribution in [1.82, 2.24) is 0 Å². The molecule has 0 aliphatic carbocycles. The van der Waals surface area contributed by atoms with E-state index < -0.39 is 53.7 Å². The van der Waals surface area contributed by atoms with Crippen molar-refractivity contribution in [3.05, 3.63) is 46.1 Å². The second kappa shape index (κ2) is 7.75. The minimum absolute atomic E-state index is 0.0109. The molecule has 1 fully saturated rings. The topological polar surface area (TPSA) is 181 Å². The first-order valence-electron chi connectivity index (χ1n) is 9.38. The predicted octanol–water partition coefficient (Wildman–Crippen LogP) is 0.826. The van der Waals surface area contributed by atoms with Gasteiger partial charge >= 0.3 is 0 Å². The van der Waals surface area contributed by atoms with Gasteiger partial charge in [-0.3, -0.25) is 4.79 Å². The molecular weight excluding hydrogens is 412 g/mol. The van der Waals surface area contributed by atoms with E-state index >= 15 is 0 Å². The van der Waals surface area contributed by atoms with Crippen LogP contribution < -0.4 is 5.43 Å². The normalized spacial score (nSPS) is 23.8. The predicted molar refractivity (Wildman–Crippen MR) is 106 cm³/mol. The number of hydrogen-bond acceptors (Lipinski definition) is 10. The Labute approximate surface area is 174 Å². The molecule has 0 bridgehead atoms. The minimum Gasteiger partial charge on any atom is -0.507 e. The van der Waals surface area contributed by atoms with Gasteiger partial charge in [-0.15, -0.1) is 0 Å². The number of hydrogen-bond donors (Lipinski definition) is 7. The molecule has 1 aliphatic rings. The molecule has 2 heterocycles. The first-order valence-corrected chi connectivity index (χ1v) is 9.38. The molecule has 0 spiro atoms. The highest BCUT2D eigenvalue weighted by atomic mass is 16.5. The van der Waals surface area contributed by atoms with Gasteiger partial charge in [0.15, 0.2) is 16.9 Å². The lowest BCUT2D eigenvalue weighted by Gasteiger charge is -2.37. The third-order valence-corrected chi connectivity index (χ3v) is 5.32. The van der Waals surface area contributed by atoms with E-state index in [9.17, 15) is 40.5 Å². The zero-order valence-corrected chi connectivity index (χ0v) is 16.0. The highest BCUT2D eigenvalue weighted by molar-refractivity contribution is 5.88. The number of phenolic OH excluding ortho intramolecular Hbond substituents is 4. The monoisotopic (exact) mass is 432 g/mol. The standard InChI is InChI=1S/C21H20O10/c22-7-17-11(25)4-14(28)21(31-17)19-13(27)6-16-18(20(19)29)12(26)5-15(30-16)8-1-2-9(23)10(24)3-8/h1-3,5-6,11,14,17,21-25,27-29H,4,7H2/t11?,14-,17+,21?/m0/s1. The number of rotatable bonds is 3. The lowest BCUT2D eigenvalue weighted by Crippen LogP contribution is -2.44. The highest BCUT2D eigenvalue weighted by Gasteiger charge is 2.40. The SMILES string of the molecule is O=c1cc(-c2ccc(O)c(O)c2)oc2cc(O)c(C3O[C@H](CO)C(O)C[C@@H]3O)c(O)c12. The Morgan fingerprint density at radius 2 is 1.68 bits per heavy atom. The Kier molecular flexibility index (Phi) is 5.23. The lowest BCUT2D eigenvalue weighted by molar-refractivity contribution is -0.182. The van der Waals surface area contributed by atoms with Crippen LogP contribution in [-0.2, 0) is 4.74 Å².